The normalized spacial score (nSPS) is 17.3. The summed E-state index contributed by atoms with van der Waals surface area (Å²) < 4.78 is 10.5. The van der Waals surface area contributed by atoms with Gasteiger partial charge in [0.05, 0.1) is 6.54 Å². The van der Waals surface area contributed by atoms with Crippen LogP contribution in [0.15, 0.2) is 4.52 Å². The third-order valence-corrected chi connectivity index (χ3v) is 4.42. The number of nitrogens with one attached hydrogen (secondary N) is 2. The average molecular weight is 352 g/mol. The van der Waals surface area contributed by atoms with Crippen LogP contribution in [0.3, 0.4) is 0 Å². The van der Waals surface area contributed by atoms with Gasteiger partial charge >= 0.3 is 6.09 Å². The molecule has 1 fully saturated rings. The fourth-order valence-electron chi connectivity index (χ4n) is 3.18. The van der Waals surface area contributed by atoms with E-state index < -0.39 is 5.60 Å². The Bertz CT molecular complexity index is 533. The van der Waals surface area contributed by atoms with E-state index in [0.29, 0.717) is 30.7 Å². The maximum Gasteiger partial charge on any atom is 0.407 e. The molecule has 2 N–H and O–H groups in total. The van der Waals surface area contributed by atoms with Crippen LogP contribution in [-0.4, -0.2) is 34.4 Å². The van der Waals surface area contributed by atoms with Crippen LogP contribution in [0.1, 0.15) is 71.5 Å². The second-order valence-electron chi connectivity index (χ2n) is 7.73. The highest BCUT2D eigenvalue weighted by Crippen LogP contribution is 2.26. The molecule has 1 saturated carbocycles. The molecule has 1 aliphatic carbocycles. The number of hydrogen-bond donors (Lipinski definition) is 2. The van der Waals surface area contributed by atoms with Gasteiger partial charge in [0.15, 0.2) is 5.82 Å². The highest BCUT2D eigenvalue weighted by molar-refractivity contribution is 5.67. The van der Waals surface area contributed by atoms with Gasteiger partial charge in [-0.1, -0.05) is 31.3 Å². The Hall–Kier alpha value is -1.63. The number of aromatic nitrogens is 2. The Balaban J connectivity index is 1.89. The summed E-state index contributed by atoms with van der Waals surface area (Å²) in [6.45, 7) is 8.67. The van der Waals surface area contributed by atoms with Crippen LogP contribution in [0, 0.1) is 5.92 Å². The van der Waals surface area contributed by atoms with Gasteiger partial charge in [0.1, 0.15) is 5.60 Å². The zero-order chi connectivity index (χ0) is 18.3. The molecule has 1 atom stereocenters. The summed E-state index contributed by atoms with van der Waals surface area (Å²) in [5, 5.41) is 10.4. The molecule has 142 valence electrons. The Kier molecular flexibility index (Phi) is 7.23. The minimum Gasteiger partial charge on any atom is -0.444 e. The van der Waals surface area contributed by atoms with Crippen molar-refractivity contribution >= 4 is 6.09 Å². The molecule has 2 rings (SSSR count). The Morgan fingerprint density at radius 3 is 2.64 bits per heavy atom. The number of nitrogens with zero attached hydrogens (tertiary/aromatic N) is 2. The van der Waals surface area contributed by atoms with Crippen LogP contribution in [0.4, 0.5) is 4.79 Å². The van der Waals surface area contributed by atoms with Crippen LogP contribution >= 0.6 is 0 Å². The fourth-order valence-corrected chi connectivity index (χ4v) is 3.18. The molecule has 1 aliphatic rings. The summed E-state index contributed by atoms with van der Waals surface area (Å²) in [7, 11) is 0. The molecule has 7 heteroatoms. The number of rotatable bonds is 7. The monoisotopic (exact) mass is 352 g/mol. The Morgan fingerprint density at radius 1 is 1.32 bits per heavy atom. The standard InChI is InChI=1S/C18H32N4O3/c1-5-16-21-15(22-25-16)12-19-14(13-9-7-6-8-10-13)11-20-17(23)24-18(2,3)4/h13-14,19H,5-12H2,1-4H3,(H,20,23)/t14-/m0/s1. The van der Waals surface area contributed by atoms with Gasteiger partial charge in [0.2, 0.25) is 5.89 Å². The SMILES string of the molecule is CCc1nc(CN[C@@H](CNC(=O)OC(C)(C)C)C2CCCCC2)no1. The molecule has 1 aromatic rings. The van der Waals surface area contributed by atoms with Crippen molar-refractivity contribution in [2.24, 2.45) is 5.92 Å². The van der Waals surface area contributed by atoms with Crippen molar-refractivity contribution in [3.63, 3.8) is 0 Å². The second-order valence-corrected chi connectivity index (χ2v) is 7.73. The van der Waals surface area contributed by atoms with Crippen LogP contribution in [0.5, 0.6) is 0 Å². The third-order valence-electron chi connectivity index (χ3n) is 4.42. The van der Waals surface area contributed by atoms with Gasteiger partial charge in [-0.15, -0.1) is 0 Å². The molecule has 25 heavy (non-hydrogen) atoms. The van der Waals surface area contributed by atoms with E-state index in [4.69, 9.17) is 9.26 Å². The van der Waals surface area contributed by atoms with Gasteiger partial charge in [0, 0.05) is 19.0 Å². The average Bonchev–Trinajstić information content (AvgIpc) is 3.02. The highest BCUT2D eigenvalue weighted by atomic mass is 16.6. The van der Waals surface area contributed by atoms with Crippen molar-refractivity contribution in [1.29, 1.82) is 0 Å². The van der Waals surface area contributed by atoms with Gasteiger partial charge in [0.25, 0.3) is 0 Å². The van der Waals surface area contributed by atoms with Crippen LogP contribution in [0.25, 0.3) is 0 Å². The minimum absolute atomic E-state index is 0.177. The minimum atomic E-state index is -0.487. The number of aryl methyl sites for hydroxylation is 1. The van der Waals surface area contributed by atoms with Crippen molar-refractivity contribution in [2.45, 2.75) is 84.4 Å². The molecule has 1 aromatic heterocycles. The lowest BCUT2D eigenvalue weighted by molar-refractivity contribution is 0.0515. The molecule has 1 heterocycles. The largest absolute Gasteiger partial charge is 0.444 e. The lowest BCUT2D eigenvalue weighted by Crippen LogP contribution is -2.47. The first-order valence-corrected chi connectivity index (χ1v) is 9.39. The first-order chi connectivity index (χ1) is 11.9. The van der Waals surface area contributed by atoms with E-state index >= 15 is 0 Å². The van der Waals surface area contributed by atoms with Crippen molar-refractivity contribution < 1.29 is 14.1 Å². The maximum atomic E-state index is 12.0. The molecule has 1 amide bonds. The number of carbonyl (C=O) groups is 1. The predicted octanol–water partition coefficient (Wildman–Crippen LogP) is 3.20. The lowest BCUT2D eigenvalue weighted by Gasteiger charge is -2.31. The second kappa shape index (κ2) is 9.17. The summed E-state index contributed by atoms with van der Waals surface area (Å²) in [4.78, 5) is 16.3. The molecule has 0 spiro atoms. The topological polar surface area (TPSA) is 89.3 Å². The molecule has 0 unspecified atom stereocenters. The molecular formula is C18H32N4O3. The summed E-state index contributed by atoms with van der Waals surface area (Å²) in [5.41, 5.74) is -0.487. The van der Waals surface area contributed by atoms with Crippen molar-refractivity contribution in [3.8, 4) is 0 Å². The first-order valence-electron chi connectivity index (χ1n) is 9.39. The number of amides is 1. The first kappa shape index (κ1) is 19.7. The molecule has 0 bridgehead atoms. The molecule has 0 aliphatic heterocycles. The quantitative estimate of drug-likeness (QED) is 0.783. The van der Waals surface area contributed by atoms with Gasteiger partial charge in [-0.2, -0.15) is 4.98 Å². The van der Waals surface area contributed by atoms with Crippen LogP contribution < -0.4 is 10.6 Å². The van der Waals surface area contributed by atoms with E-state index in [1.165, 1.54) is 32.1 Å². The number of ether oxygens (including phenoxy) is 1. The van der Waals surface area contributed by atoms with Crippen molar-refractivity contribution in [2.75, 3.05) is 6.54 Å². The highest BCUT2D eigenvalue weighted by Gasteiger charge is 2.25. The smallest absolute Gasteiger partial charge is 0.407 e. The van der Waals surface area contributed by atoms with E-state index in [1.807, 2.05) is 27.7 Å². The summed E-state index contributed by atoms with van der Waals surface area (Å²) in [6, 6.07) is 0.177. The van der Waals surface area contributed by atoms with E-state index in [1.54, 1.807) is 0 Å². The Labute approximate surface area is 150 Å². The number of alkyl carbamates (subject to hydrolysis) is 1. The summed E-state index contributed by atoms with van der Waals surface area (Å²) in [6.07, 6.45) is 6.52. The zero-order valence-electron chi connectivity index (χ0n) is 15.9. The van der Waals surface area contributed by atoms with E-state index in [-0.39, 0.29) is 12.1 Å². The molecule has 0 aromatic carbocycles. The lowest BCUT2D eigenvalue weighted by atomic mass is 9.84. The van der Waals surface area contributed by atoms with Gasteiger partial charge in [-0.25, -0.2) is 4.79 Å². The van der Waals surface area contributed by atoms with Gasteiger partial charge < -0.3 is 19.9 Å². The zero-order valence-corrected chi connectivity index (χ0v) is 15.9. The number of hydrogen-bond acceptors (Lipinski definition) is 6. The van der Waals surface area contributed by atoms with Gasteiger partial charge in [-0.05, 0) is 39.5 Å². The summed E-state index contributed by atoms with van der Waals surface area (Å²) in [5.74, 6) is 1.86. The molecule has 0 saturated heterocycles. The van der Waals surface area contributed by atoms with E-state index in [2.05, 4.69) is 20.8 Å². The van der Waals surface area contributed by atoms with Crippen molar-refractivity contribution in [1.82, 2.24) is 20.8 Å². The van der Waals surface area contributed by atoms with E-state index in [9.17, 15) is 4.79 Å². The maximum absolute atomic E-state index is 12.0. The summed E-state index contributed by atoms with van der Waals surface area (Å²) >= 11 is 0. The fraction of sp³-hybridized carbons (Fsp3) is 0.833. The van der Waals surface area contributed by atoms with Crippen LogP contribution in [-0.2, 0) is 17.7 Å². The van der Waals surface area contributed by atoms with Gasteiger partial charge in [-0.3, -0.25) is 0 Å². The van der Waals surface area contributed by atoms with E-state index in [0.717, 1.165) is 6.42 Å². The molecule has 7 nitrogen and oxygen atoms in total. The van der Waals surface area contributed by atoms with Crippen LogP contribution in [0.2, 0.25) is 0 Å². The number of carbonyl (C=O) groups excluding carboxylic acids is 1. The molecule has 0 radical (unpaired) electrons. The van der Waals surface area contributed by atoms with Crippen molar-refractivity contribution in [3.05, 3.63) is 11.7 Å². The Morgan fingerprint density at radius 2 is 2.04 bits per heavy atom. The molecular weight excluding hydrogens is 320 g/mol. The third kappa shape index (κ3) is 7.02. The predicted molar refractivity (Wildman–Crippen MR) is 95.1 cm³/mol.